The van der Waals surface area contributed by atoms with Gasteiger partial charge in [-0.1, -0.05) is 17.7 Å². The van der Waals surface area contributed by atoms with E-state index in [1.807, 2.05) is 24.3 Å². The summed E-state index contributed by atoms with van der Waals surface area (Å²) in [5.74, 6) is 0. The van der Waals surface area contributed by atoms with Crippen LogP contribution in [0.15, 0.2) is 24.3 Å². The molecule has 2 atom stereocenters. The summed E-state index contributed by atoms with van der Waals surface area (Å²) in [6.07, 6.45) is -0.687. The molecule has 2 rings (SSSR count). The molecular weight excluding hydrogens is 212 g/mol. The van der Waals surface area contributed by atoms with Gasteiger partial charge in [-0.3, -0.25) is 0 Å². The summed E-state index contributed by atoms with van der Waals surface area (Å²) >= 11 is 6.02. The van der Waals surface area contributed by atoms with Gasteiger partial charge >= 0.3 is 0 Å². The Morgan fingerprint density at radius 2 is 2.20 bits per heavy atom. The van der Waals surface area contributed by atoms with E-state index in [1.54, 1.807) is 6.92 Å². The van der Waals surface area contributed by atoms with Crippen molar-refractivity contribution in [3.63, 3.8) is 0 Å². The van der Waals surface area contributed by atoms with Gasteiger partial charge in [0.25, 0.3) is 0 Å². The molecule has 0 amide bonds. The summed E-state index contributed by atoms with van der Waals surface area (Å²) in [7, 11) is 0. The molecule has 0 aliphatic heterocycles. The Labute approximate surface area is 92.9 Å². The van der Waals surface area contributed by atoms with Crippen molar-refractivity contribution >= 4 is 22.5 Å². The second-order valence-corrected chi connectivity index (χ2v) is 4.14. The lowest BCUT2D eigenvalue weighted by molar-refractivity contribution is 0.149. The molecule has 80 valence electrons. The number of benzene rings is 1. The van der Waals surface area contributed by atoms with E-state index in [0.29, 0.717) is 10.7 Å². The lowest BCUT2D eigenvalue weighted by Gasteiger charge is -2.11. The smallest absolute Gasteiger partial charge is 0.108 e. The number of hydrogen-bond acceptors (Lipinski definition) is 2. The standard InChI is InChI=1S/C11H13ClN2O/c1-6(13)11(15)10-5-7-8(12)3-2-4-9(7)14-10/h2-6,11,14-15H,13H2,1H3. The van der Waals surface area contributed by atoms with Crippen molar-refractivity contribution < 1.29 is 5.11 Å². The number of aliphatic hydroxyl groups is 1. The monoisotopic (exact) mass is 224 g/mol. The number of aliphatic hydroxyl groups excluding tert-OH is 1. The van der Waals surface area contributed by atoms with Gasteiger partial charge in [0, 0.05) is 27.7 Å². The Balaban J connectivity index is 2.52. The zero-order valence-corrected chi connectivity index (χ0v) is 9.12. The van der Waals surface area contributed by atoms with Crippen LogP contribution in [0.25, 0.3) is 10.9 Å². The molecule has 0 aliphatic carbocycles. The van der Waals surface area contributed by atoms with Gasteiger partial charge < -0.3 is 15.8 Å². The van der Waals surface area contributed by atoms with Crippen molar-refractivity contribution in [3.8, 4) is 0 Å². The number of nitrogens with one attached hydrogen (secondary N) is 1. The van der Waals surface area contributed by atoms with Gasteiger partial charge in [-0.25, -0.2) is 0 Å². The van der Waals surface area contributed by atoms with Crippen LogP contribution in [-0.2, 0) is 0 Å². The molecule has 0 fully saturated rings. The van der Waals surface area contributed by atoms with Crippen LogP contribution in [0, 0.1) is 0 Å². The van der Waals surface area contributed by atoms with E-state index < -0.39 is 6.10 Å². The molecule has 0 aliphatic rings. The predicted octanol–water partition coefficient (Wildman–Crippen LogP) is 2.20. The lowest BCUT2D eigenvalue weighted by Crippen LogP contribution is -2.24. The number of rotatable bonds is 2. The Hall–Kier alpha value is -1.03. The quantitative estimate of drug-likeness (QED) is 0.733. The van der Waals surface area contributed by atoms with Crippen LogP contribution in [0.2, 0.25) is 5.02 Å². The van der Waals surface area contributed by atoms with Crippen LogP contribution in [0.3, 0.4) is 0 Å². The Bertz CT molecular complexity index is 478. The molecule has 0 radical (unpaired) electrons. The van der Waals surface area contributed by atoms with E-state index in [4.69, 9.17) is 17.3 Å². The number of halogens is 1. The minimum absolute atomic E-state index is 0.308. The predicted molar refractivity (Wildman–Crippen MR) is 61.9 cm³/mol. The summed E-state index contributed by atoms with van der Waals surface area (Å²) in [5.41, 5.74) is 7.24. The maximum atomic E-state index is 9.79. The highest BCUT2D eigenvalue weighted by molar-refractivity contribution is 6.35. The fourth-order valence-corrected chi connectivity index (χ4v) is 1.81. The van der Waals surface area contributed by atoms with Crippen LogP contribution in [0.4, 0.5) is 0 Å². The molecule has 1 aromatic heterocycles. The van der Waals surface area contributed by atoms with Gasteiger partial charge in [-0.2, -0.15) is 0 Å². The zero-order chi connectivity index (χ0) is 11.0. The molecule has 4 heteroatoms. The molecule has 4 N–H and O–H groups in total. The summed E-state index contributed by atoms with van der Waals surface area (Å²) in [4.78, 5) is 3.10. The summed E-state index contributed by atoms with van der Waals surface area (Å²) < 4.78 is 0. The van der Waals surface area contributed by atoms with E-state index in [0.717, 1.165) is 10.9 Å². The lowest BCUT2D eigenvalue weighted by atomic mass is 10.1. The molecule has 1 aromatic carbocycles. The zero-order valence-electron chi connectivity index (χ0n) is 8.37. The average Bonchev–Trinajstić information content (AvgIpc) is 2.61. The maximum absolute atomic E-state index is 9.79. The van der Waals surface area contributed by atoms with E-state index in [2.05, 4.69) is 4.98 Å². The number of H-pyrrole nitrogens is 1. The molecule has 0 spiro atoms. The molecule has 2 aromatic rings. The normalized spacial score (nSPS) is 15.5. The molecule has 1 heterocycles. The van der Waals surface area contributed by atoms with Crippen LogP contribution in [-0.4, -0.2) is 16.1 Å². The van der Waals surface area contributed by atoms with Gasteiger partial charge in [0.05, 0.1) is 0 Å². The maximum Gasteiger partial charge on any atom is 0.108 e. The van der Waals surface area contributed by atoms with Crippen molar-refractivity contribution in [3.05, 3.63) is 35.0 Å². The second kappa shape index (κ2) is 3.85. The Kier molecular flexibility index (Phi) is 2.69. The third-order valence-electron chi connectivity index (χ3n) is 2.45. The van der Waals surface area contributed by atoms with E-state index in [-0.39, 0.29) is 6.04 Å². The summed E-state index contributed by atoms with van der Waals surface area (Å²) in [6, 6.07) is 7.13. The first-order chi connectivity index (χ1) is 7.09. The van der Waals surface area contributed by atoms with Gasteiger partial charge in [-0.15, -0.1) is 0 Å². The first-order valence-corrected chi connectivity index (χ1v) is 5.18. The van der Waals surface area contributed by atoms with Crippen LogP contribution >= 0.6 is 11.6 Å². The van der Waals surface area contributed by atoms with Crippen LogP contribution < -0.4 is 5.73 Å². The van der Waals surface area contributed by atoms with E-state index in [1.165, 1.54) is 0 Å². The molecule has 0 saturated carbocycles. The SMILES string of the molecule is CC(N)C(O)c1cc2c(Cl)cccc2[nH]1. The number of hydrogen-bond donors (Lipinski definition) is 3. The molecule has 0 bridgehead atoms. The molecule has 3 nitrogen and oxygen atoms in total. The highest BCUT2D eigenvalue weighted by atomic mass is 35.5. The van der Waals surface area contributed by atoms with E-state index in [9.17, 15) is 5.11 Å². The minimum atomic E-state index is -0.687. The fraction of sp³-hybridized carbons (Fsp3) is 0.273. The molecule has 2 unspecified atom stereocenters. The first kappa shape index (κ1) is 10.5. The largest absolute Gasteiger partial charge is 0.385 e. The first-order valence-electron chi connectivity index (χ1n) is 4.80. The number of aromatic nitrogens is 1. The summed E-state index contributed by atoms with van der Waals surface area (Å²) in [6.45, 7) is 1.76. The fourth-order valence-electron chi connectivity index (χ4n) is 1.58. The number of fused-ring (bicyclic) bond motifs is 1. The minimum Gasteiger partial charge on any atom is -0.385 e. The molecule has 0 saturated heterocycles. The third kappa shape index (κ3) is 1.86. The van der Waals surface area contributed by atoms with Gasteiger partial charge in [0.15, 0.2) is 0 Å². The van der Waals surface area contributed by atoms with Crippen molar-refractivity contribution in [2.24, 2.45) is 5.73 Å². The molecular formula is C11H13ClN2O. The van der Waals surface area contributed by atoms with Crippen molar-refractivity contribution in [2.75, 3.05) is 0 Å². The van der Waals surface area contributed by atoms with Crippen molar-refractivity contribution in [1.82, 2.24) is 4.98 Å². The number of nitrogens with two attached hydrogens (primary N) is 1. The van der Waals surface area contributed by atoms with Crippen molar-refractivity contribution in [2.45, 2.75) is 19.1 Å². The third-order valence-corrected chi connectivity index (χ3v) is 2.78. The summed E-state index contributed by atoms with van der Waals surface area (Å²) in [5, 5.41) is 11.4. The van der Waals surface area contributed by atoms with Crippen molar-refractivity contribution in [1.29, 1.82) is 0 Å². The second-order valence-electron chi connectivity index (χ2n) is 3.73. The van der Waals surface area contributed by atoms with Gasteiger partial charge in [0.2, 0.25) is 0 Å². The van der Waals surface area contributed by atoms with Crippen LogP contribution in [0.1, 0.15) is 18.7 Å². The van der Waals surface area contributed by atoms with Crippen LogP contribution in [0.5, 0.6) is 0 Å². The molecule has 15 heavy (non-hydrogen) atoms. The van der Waals surface area contributed by atoms with Gasteiger partial charge in [-0.05, 0) is 25.1 Å². The highest BCUT2D eigenvalue weighted by Gasteiger charge is 2.15. The Morgan fingerprint density at radius 3 is 2.80 bits per heavy atom. The van der Waals surface area contributed by atoms with E-state index >= 15 is 0 Å². The average molecular weight is 225 g/mol. The topological polar surface area (TPSA) is 62.0 Å². The van der Waals surface area contributed by atoms with Gasteiger partial charge in [0.1, 0.15) is 6.10 Å². The Morgan fingerprint density at radius 1 is 1.47 bits per heavy atom. The number of aromatic amines is 1. The highest BCUT2D eigenvalue weighted by Crippen LogP contribution is 2.27.